The van der Waals surface area contributed by atoms with Gasteiger partial charge >= 0.3 is 0 Å². The molecule has 0 radical (unpaired) electrons. The van der Waals surface area contributed by atoms with Gasteiger partial charge in [-0.2, -0.15) is 0 Å². The number of nitrogens with zero attached hydrogens (tertiary/aromatic N) is 1. The van der Waals surface area contributed by atoms with Crippen LogP contribution in [0, 0.1) is 34.5 Å². The number of benzene rings is 1. The Balaban J connectivity index is 0.000000127. The summed E-state index contributed by atoms with van der Waals surface area (Å²) in [5, 5.41) is 12.0. The summed E-state index contributed by atoms with van der Waals surface area (Å²) >= 11 is 0. The van der Waals surface area contributed by atoms with E-state index in [0.29, 0.717) is 34.6 Å². The molecule has 0 aromatic heterocycles. The molecule has 2 spiro atoms. The van der Waals surface area contributed by atoms with Gasteiger partial charge in [-0.25, -0.2) is 0 Å². The Kier molecular flexibility index (Phi) is 4.37. The number of aliphatic hydroxyl groups excluding tert-OH is 1. The molecule has 3 saturated heterocycles. The van der Waals surface area contributed by atoms with Crippen LogP contribution in [0.3, 0.4) is 0 Å². The summed E-state index contributed by atoms with van der Waals surface area (Å²) in [5.74, 6) is 2.04. The van der Waals surface area contributed by atoms with Gasteiger partial charge in [0.25, 0.3) is 0 Å². The summed E-state index contributed by atoms with van der Waals surface area (Å²) in [5.41, 5.74) is 2.20. The van der Waals surface area contributed by atoms with E-state index in [9.17, 15) is 9.59 Å². The van der Waals surface area contributed by atoms with Crippen LogP contribution in [0.1, 0.15) is 63.2 Å². The van der Waals surface area contributed by atoms with Gasteiger partial charge in [-0.3, -0.25) is 9.59 Å². The van der Waals surface area contributed by atoms with Crippen molar-refractivity contribution in [2.75, 3.05) is 13.2 Å². The zero-order chi connectivity index (χ0) is 22.4. The fourth-order valence-electron chi connectivity index (χ4n) is 8.02. The van der Waals surface area contributed by atoms with Crippen LogP contribution in [0.25, 0.3) is 0 Å². The number of hydrogen-bond acceptors (Lipinski definition) is 4. The second kappa shape index (κ2) is 7.05. The molecule has 1 aromatic rings. The maximum absolute atomic E-state index is 12.8. The Hall–Kier alpha value is -1.92. The van der Waals surface area contributed by atoms with Crippen LogP contribution in [0.5, 0.6) is 0 Å². The van der Waals surface area contributed by atoms with Gasteiger partial charge in [-0.1, -0.05) is 30.3 Å². The van der Waals surface area contributed by atoms with Gasteiger partial charge in [-0.15, -0.1) is 0 Å². The SMILES string of the molecule is O=C1C2CC3(CC3)C[C@@H]2[C@H]2CO[C@@H](c3ccccc3)N12.O=C1N[C@H](CO)[C@H]2CC3(CC3)CC12. The lowest BCUT2D eigenvalue weighted by atomic mass is 9.94. The highest BCUT2D eigenvalue weighted by Crippen LogP contribution is 2.66. The molecule has 33 heavy (non-hydrogen) atoms. The molecule has 4 aliphatic carbocycles. The minimum absolute atomic E-state index is 0.0532. The van der Waals surface area contributed by atoms with Crippen molar-refractivity contribution < 1.29 is 19.4 Å². The zero-order valence-electron chi connectivity index (χ0n) is 19.1. The van der Waals surface area contributed by atoms with Crippen LogP contribution in [-0.2, 0) is 14.3 Å². The van der Waals surface area contributed by atoms with Crippen molar-refractivity contribution in [2.24, 2.45) is 34.5 Å². The van der Waals surface area contributed by atoms with Crippen LogP contribution < -0.4 is 5.32 Å². The van der Waals surface area contributed by atoms with E-state index in [2.05, 4.69) is 22.3 Å². The van der Waals surface area contributed by atoms with Gasteiger partial charge in [0.15, 0.2) is 6.23 Å². The summed E-state index contributed by atoms with van der Waals surface area (Å²) in [6, 6.07) is 10.6. The molecule has 3 heterocycles. The van der Waals surface area contributed by atoms with Crippen molar-refractivity contribution in [3.8, 4) is 0 Å². The third-order valence-electron chi connectivity index (χ3n) is 10.2. The average molecular weight is 451 g/mol. The van der Waals surface area contributed by atoms with Crippen molar-refractivity contribution in [3.63, 3.8) is 0 Å². The molecule has 7 aliphatic rings. The van der Waals surface area contributed by atoms with Gasteiger partial charge in [-0.05, 0) is 74.0 Å². The van der Waals surface area contributed by atoms with Crippen molar-refractivity contribution in [1.29, 1.82) is 0 Å². The van der Waals surface area contributed by atoms with E-state index in [0.717, 1.165) is 25.0 Å². The lowest BCUT2D eigenvalue weighted by molar-refractivity contribution is -0.137. The Morgan fingerprint density at radius 3 is 2.27 bits per heavy atom. The maximum atomic E-state index is 12.8. The summed E-state index contributed by atoms with van der Waals surface area (Å²) in [6.45, 7) is 0.839. The van der Waals surface area contributed by atoms with E-state index >= 15 is 0 Å². The predicted molar refractivity (Wildman–Crippen MR) is 121 cm³/mol. The van der Waals surface area contributed by atoms with Crippen LogP contribution >= 0.6 is 0 Å². The van der Waals surface area contributed by atoms with E-state index in [1.807, 2.05) is 18.2 Å². The molecular weight excluding hydrogens is 416 g/mol. The second-order valence-electron chi connectivity index (χ2n) is 12.1. The first-order valence-electron chi connectivity index (χ1n) is 12.9. The quantitative estimate of drug-likeness (QED) is 0.726. The number of nitrogens with one attached hydrogen (secondary N) is 1. The number of ether oxygens (including phenoxy) is 1. The van der Waals surface area contributed by atoms with Gasteiger partial charge in [0.1, 0.15) is 0 Å². The molecular formula is C27H34N2O4. The predicted octanol–water partition coefficient (Wildman–Crippen LogP) is 3.02. The van der Waals surface area contributed by atoms with Crippen LogP contribution in [0.4, 0.5) is 0 Å². The van der Waals surface area contributed by atoms with Crippen molar-refractivity contribution in [3.05, 3.63) is 35.9 Å². The normalized spacial score (nSPS) is 42.1. The lowest BCUT2D eigenvalue weighted by Crippen LogP contribution is -2.34. The molecule has 1 aromatic carbocycles. The molecule has 6 nitrogen and oxygen atoms in total. The minimum atomic E-state index is -0.144. The fourth-order valence-corrected chi connectivity index (χ4v) is 8.02. The Morgan fingerprint density at radius 1 is 0.939 bits per heavy atom. The number of amides is 2. The molecule has 0 bridgehead atoms. The van der Waals surface area contributed by atoms with Crippen LogP contribution in [0.2, 0.25) is 0 Å². The summed E-state index contributed by atoms with van der Waals surface area (Å²) in [7, 11) is 0. The van der Waals surface area contributed by atoms with Gasteiger partial charge in [0, 0.05) is 17.4 Å². The molecule has 7 atom stereocenters. The second-order valence-corrected chi connectivity index (χ2v) is 12.1. The monoisotopic (exact) mass is 450 g/mol. The number of fused-ring (bicyclic) bond motifs is 4. The highest BCUT2D eigenvalue weighted by molar-refractivity contribution is 5.83. The largest absolute Gasteiger partial charge is 0.394 e. The summed E-state index contributed by atoms with van der Waals surface area (Å²) in [4.78, 5) is 26.4. The van der Waals surface area contributed by atoms with E-state index in [4.69, 9.17) is 9.84 Å². The third-order valence-corrected chi connectivity index (χ3v) is 10.2. The number of aliphatic hydroxyl groups is 1. The molecule has 8 rings (SSSR count). The standard InChI is InChI=1S/C17H19NO2.C10H15NO2/c19-15-13-9-17(6-7-17)8-12(13)14-10-20-16(18(14)15)11-4-2-1-3-5-11;12-5-8-6-3-10(1-2-10)4-7(6)9(13)11-8/h1-5,12-14,16H,6-10H2;6-8,12H,1-5H2,(H,11,13)/t12-,13?,14+,16-;6-,7?,8+/m00/s1. The number of carbonyl (C=O) groups is 2. The Morgan fingerprint density at radius 2 is 1.61 bits per heavy atom. The molecule has 7 fully saturated rings. The summed E-state index contributed by atoms with van der Waals surface area (Å²) in [6.07, 6.45) is 9.83. The minimum Gasteiger partial charge on any atom is -0.394 e. The number of hydrogen-bond donors (Lipinski definition) is 2. The van der Waals surface area contributed by atoms with Crippen molar-refractivity contribution >= 4 is 11.8 Å². The molecule has 4 saturated carbocycles. The highest BCUT2D eigenvalue weighted by Gasteiger charge is 2.64. The number of rotatable bonds is 2. The first-order chi connectivity index (χ1) is 16.0. The number of carbonyl (C=O) groups excluding carboxylic acids is 2. The van der Waals surface area contributed by atoms with Gasteiger partial charge < -0.3 is 20.1 Å². The van der Waals surface area contributed by atoms with E-state index in [1.54, 1.807) is 0 Å². The van der Waals surface area contributed by atoms with Gasteiger partial charge in [0.05, 0.1) is 25.3 Å². The first-order valence-corrected chi connectivity index (χ1v) is 12.9. The molecule has 176 valence electrons. The molecule has 6 heteroatoms. The van der Waals surface area contributed by atoms with Crippen LogP contribution in [-0.4, -0.2) is 47.1 Å². The van der Waals surface area contributed by atoms with Crippen LogP contribution in [0.15, 0.2) is 30.3 Å². The lowest BCUT2D eigenvalue weighted by Gasteiger charge is -2.25. The Labute approximate surface area is 195 Å². The fraction of sp³-hybridized carbons (Fsp3) is 0.704. The topological polar surface area (TPSA) is 78.9 Å². The van der Waals surface area contributed by atoms with Crippen molar-refractivity contribution in [1.82, 2.24) is 10.2 Å². The smallest absolute Gasteiger partial charge is 0.228 e. The molecule has 3 aliphatic heterocycles. The van der Waals surface area contributed by atoms with E-state index in [-0.39, 0.29) is 36.6 Å². The van der Waals surface area contributed by atoms with Crippen molar-refractivity contribution in [2.45, 2.75) is 69.7 Å². The van der Waals surface area contributed by atoms with E-state index in [1.165, 1.54) is 38.5 Å². The molecule has 2 amide bonds. The first kappa shape index (κ1) is 20.5. The maximum Gasteiger partial charge on any atom is 0.228 e. The zero-order valence-corrected chi connectivity index (χ0v) is 19.1. The van der Waals surface area contributed by atoms with E-state index < -0.39 is 0 Å². The average Bonchev–Trinajstić information content (AvgIpc) is 3.47. The summed E-state index contributed by atoms with van der Waals surface area (Å²) < 4.78 is 5.98. The third kappa shape index (κ3) is 3.13. The highest BCUT2D eigenvalue weighted by atomic mass is 16.5. The molecule has 2 N–H and O–H groups in total. The molecule has 2 unspecified atom stereocenters. The Bertz CT molecular complexity index is 972. The van der Waals surface area contributed by atoms with Gasteiger partial charge in [0.2, 0.25) is 11.8 Å².